The lowest BCUT2D eigenvalue weighted by molar-refractivity contribution is -0.870. The second-order valence-corrected chi connectivity index (χ2v) is 18.9. The molecule has 0 saturated heterocycles. The van der Waals surface area contributed by atoms with Crippen molar-refractivity contribution in [3.8, 4) is 0 Å². The molecule has 0 aromatic carbocycles. The van der Waals surface area contributed by atoms with Crippen LogP contribution in [0.4, 0.5) is 0 Å². The molecule has 0 aliphatic rings. The van der Waals surface area contributed by atoms with E-state index in [-0.39, 0.29) is 26.1 Å². The Kier molecular flexibility index (Phi) is 42.9. The molecule has 2 unspecified atom stereocenters. The molecule has 0 spiro atoms. The number of carbonyl (C=O) groups excluding carboxylic acids is 2. The van der Waals surface area contributed by atoms with Crippen LogP contribution in [0.3, 0.4) is 0 Å². The maximum Gasteiger partial charge on any atom is 0.306 e. The number of phosphoric acid groups is 1. The Morgan fingerprint density at radius 2 is 0.891 bits per heavy atom. The average Bonchev–Trinajstić information content (AvgIpc) is 3.25. The third kappa shape index (κ3) is 48.4. The van der Waals surface area contributed by atoms with E-state index in [0.29, 0.717) is 17.4 Å². The van der Waals surface area contributed by atoms with Crippen LogP contribution in [-0.2, 0) is 32.7 Å². The summed E-state index contributed by atoms with van der Waals surface area (Å²) in [5.74, 6) is -0.891. The highest BCUT2D eigenvalue weighted by atomic mass is 31.2. The summed E-state index contributed by atoms with van der Waals surface area (Å²) in [7, 11) is 1.12. The molecule has 10 heteroatoms. The molecule has 0 aliphatic heterocycles. The lowest BCUT2D eigenvalue weighted by Gasteiger charge is -2.28. The summed E-state index contributed by atoms with van der Waals surface area (Å²) < 4.78 is 33.9. The second kappa shape index (κ2) is 45.1. The first-order chi connectivity index (χ1) is 31.0. The number of ether oxygens (including phenoxy) is 2. The highest BCUT2D eigenvalue weighted by Gasteiger charge is 2.21. The topological polar surface area (TPSA) is 111 Å². The number of hydrogen-bond acceptors (Lipinski definition) is 8. The van der Waals surface area contributed by atoms with Crippen molar-refractivity contribution in [3.05, 3.63) is 97.2 Å². The molecular formula is C54H92NO8P. The third-order valence-corrected chi connectivity index (χ3v) is 11.1. The van der Waals surface area contributed by atoms with Gasteiger partial charge in [0.1, 0.15) is 19.8 Å². The molecule has 0 aromatic rings. The molecule has 0 aliphatic carbocycles. The van der Waals surface area contributed by atoms with Crippen LogP contribution < -0.4 is 4.89 Å². The number of allylic oxidation sites excluding steroid dienone is 16. The van der Waals surface area contributed by atoms with Crippen molar-refractivity contribution in [1.82, 2.24) is 0 Å². The van der Waals surface area contributed by atoms with E-state index in [1.54, 1.807) is 0 Å². The molecule has 366 valence electrons. The molecular weight excluding hydrogens is 822 g/mol. The van der Waals surface area contributed by atoms with Crippen LogP contribution in [0.2, 0.25) is 0 Å². The fourth-order valence-corrected chi connectivity index (χ4v) is 6.99. The van der Waals surface area contributed by atoms with Gasteiger partial charge in [-0.05, 0) is 77.0 Å². The second-order valence-electron chi connectivity index (χ2n) is 17.5. The zero-order valence-corrected chi connectivity index (χ0v) is 42.1. The zero-order valence-electron chi connectivity index (χ0n) is 41.2. The number of unbranched alkanes of at least 4 members (excludes halogenated alkanes) is 14. The molecule has 0 N–H and O–H groups in total. The Morgan fingerprint density at radius 1 is 0.500 bits per heavy atom. The SMILES string of the molecule is CC/C=C\C/C=C\C/C=C\C/C=C\C/C=C\C/C=C\C/C=C\C/C=C\CCCCC(=O)OC(COC(=O)CCCCCCCCCCCCCCC)COP(=O)([O-])OCC[N+](C)(C)C. The summed E-state index contributed by atoms with van der Waals surface area (Å²) >= 11 is 0. The Balaban J connectivity index is 4.37. The first-order valence-electron chi connectivity index (χ1n) is 24.9. The number of phosphoric ester groups is 1. The van der Waals surface area contributed by atoms with Crippen molar-refractivity contribution in [2.75, 3.05) is 47.5 Å². The summed E-state index contributed by atoms with van der Waals surface area (Å²) in [6, 6.07) is 0. The molecule has 0 rings (SSSR count). The molecule has 0 amide bonds. The van der Waals surface area contributed by atoms with Gasteiger partial charge in [0.25, 0.3) is 7.82 Å². The molecule has 0 bridgehead atoms. The number of likely N-dealkylation sites (N-methyl/N-ethyl adjacent to an activating group) is 1. The van der Waals surface area contributed by atoms with Gasteiger partial charge in [-0.2, -0.15) is 0 Å². The molecule has 2 atom stereocenters. The van der Waals surface area contributed by atoms with Crippen LogP contribution in [0, 0.1) is 0 Å². The van der Waals surface area contributed by atoms with E-state index in [2.05, 4.69) is 111 Å². The first-order valence-corrected chi connectivity index (χ1v) is 26.4. The third-order valence-electron chi connectivity index (χ3n) is 10.1. The fourth-order valence-electron chi connectivity index (χ4n) is 6.26. The van der Waals surface area contributed by atoms with Crippen LogP contribution in [-0.4, -0.2) is 70.0 Å². The maximum absolute atomic E-state index is 12.7. The fraction of sp³-hybridized carbons (Fsp3) is 0.667. The summed E-state index contributed by atoms with van der Waals surface area (Å²) in [5, 5.41) is 0. The van der Waals surface area contributed by atoms with Crippen molar-refractivity contribution in [2.45, 2.75) is 187 Å². The van der Waals surface area contributed by atoms with Gasteiger partial charge in [-0.3, -0.25) is 14.2 Å². The summed E-state index contributed by atoms with van der Waals surface area (Å²) in [6.07, 6.45) is 60.1. The summed E-state index contributed by atoms with van der Waals surface area (Å²) in [4.78, 5) is 37.6. The van der Waals surface area contributed by atoms with Gasteiger partial charge < -0.3 is 27.9 Å². The Labute approximate surface area is 392 Å². The van der Waals surface area contributed by atoms with E-state index < -0.39 is 32.5 Å². The lowest BCUT2D eigenvalue weighted by atomic mass is 10.0. The molecule has 0 saturated carbocycles. The minimum absolute atomic E-state index is 0.0437. The van der Waals surface area contributed by atoms with Crippen molar-refractivity contribution in [2.24, 2.45) is 0 Å². The lowest BCUT2D eigenvalue weighted by Crippen LogP contribution is -2.37. The number of nitrogens with zero attached hydrogens (tertiary/aromatic N) is 1. The standard InChI is InChI=1S/C54H92NO8P/c1-6-8-10-12-14-16-18-20-21-22-23-24-25-26-27-28-29-30-31-32-33-35-37-39-41-43-45-47-54(57)63-52(51-62-64(58,59)61-49-48-55(3,4)5)50-60-53(56)46-44-42-40-38-36-34-19-17-15-13-11-9-7-2/h8,10,14,16,20-21,23-24,26-27,29-30,32-33,37,39,52H,6-7,9,11-13,15,17-19,22,25,28,31,34-36,38,40-51H2,1-5H3/b10-8-,16-14-,21-20-,24-23-,27-26-,30-29-,33-32-,39-37-. The van der Waals surface area contributed by atoms with Gasteiger partial charge in [0.05, 0.1) is 27.7 Å². The van der Waals surface area contributed by atoms with E-state index >= 15 is 0 Å². The summed E-state index contributed by atoms with van der Waals surface area (Å²) in [5.41, 5.74) is 0. The van der Waals surface area contributed by atoms with Crippen molar-refractivity contribution in [1.29, 1.82) is 0 Å². The molecule has 0 heterocycles. The van der Waals surface area contributed by atoms with E-state index in [4.69, 9.17) is 18.5 Å². The largest absolute Gasteiger partial charge is 0.756 e. The van der Waals surface area contributed by atoms with Crippen molar-refractivity contribution < 1.29 is 42.1 Å². The average molecular weight is 914 g/mol. The van der Waals surface area contributed by atoms with E-state index in [0.717, 1.165) is 83.5 Å². The molecule has 0 aromatic heterocycles. The molecule has 9 nitrogen and oxygen atoms in total. The van der Waals surface area contributed by atoms with E-state index in [1.807, 2.05) is 21.1 Å². The first kappa shape index (κ1) is 60.9. The number of carbonyl (C=O) groups is 2. The van der Waals surface area contributed by atoms with Gasteiger partial charge in [-0.15, -0.1) is 0 Å². The number of quaternary nitrogens is 1. The minimum atomic E-state index is -4.65. The highest BCUT2D eigenvalue weighted by molar-refractivity contribution is 7.45. The number of esters is 2. The Morgan fingerprint density at radius 3 is 1.33 bits per heavy atom. The van der Waals surface area contributed by atoms with Gasteiger partial charge in [-0.1, -0.05) is 188 Å². The highest BCUT2D eigenvalue weighted by Crippen LogP contribution is 2.38. The van der Waals surface area contributed by atoms with Gasteiger partial charge in [0, 0.05) is 12.8 Å². The van der Waals surface area contributed by atoms with Gasteiger partial charge in [-0.25, -0.2) is 0 Å². The molecule has 64 heavy (non-hydrogen) atoms. The van der Waals surface area contributed by atoms with Crippen LogP contribution in [0.5, 0.6) is 0 Å². The van der Waals surface area contributed by atoms with Crippen LogP contribution >= 0.6 is 7.82 Å². The predicted octanol–water partition coefficient (Wildman–Crippen LogP) is 14.3. The quantitative estimate of drug-likeness (QED) is 0.0195. The van der Waals surface area contributed by atoms with Crippen molar-refractivity contribution >= 4 is 19.8 Å². The maximum atomic E-state index is 12.7. The number of rotatable bonds is 44. The van der Waals surface area contributed by atoms with Crippen LogP contribution in [0.25, 0.3) is 0 Å². The predicted molar refractivity (Wildman–Crippen MR) is 268 cm³/mol. The minimum Gasteiger partial charge on any atom is -0.756 e. The van der Waals surface area contributed by atoms with Crippen LogP contribution in [0.1, 0.15) is 181 Å². The monoisotopic (exact) mass is 914 g/mol. The van der Waals surface area contributed by atoms with Crippen molar-refractivity contribution in [3.63, 3.8) is 0 Å². The van der Waals surface area contributed by atoms with E-state index in [9.17, 15) is 19.0 Å². The smallest absolute Gasteiger partial charge is 0.306 e. The van der Waals surface area contributed by atoms with Gasteiger partial charge in [0.15, 0.2) is 6.10 Å². The van der Waals surface area contributed by atoms with E-state index in [1.165, 1.54) is 64.2 Å². The van der Waals surface area contributed by atoms with Gasteiger partial charge >= 0.3 is 11.9 Å². The normalized spacial score (nSPS) is 14.3. The van der Waals surface area contributed by atoms with Gasteiger partial charge in [0.2, 0.25) is 0 Å². The molecule has 0 fully saturated rings. The molecule has 0 radical (unpaired) electrons. The summed E-state index contributed by atoms with van der Waals surface area (Å²) in [6.45, 7) is 4.05. The zero-order chi connectivity index (χ0) is 47.1. The number of hydrogen-bond donors (Lipinski definition) is 0. The van der Waals surface area contributed by atoms with Crippen LogP contribution in [0.15, 0.2) is 97.2 Å². The Bertz CT molecular complexity index is 1400. The Hall–Kier alpha value is -3.07.